The van der Waals surface area contributed by atoms with Gasteiger partial charge in [0.05, 0.1) is 17.4 Å². The number of anilines is 1. The Kier molecular flexibility index (Phi) is 4.83. The van der Waals surface area contributed by atoms with E-state index in [4.69, 9.17) is 0 Å². The third-order valence-corrected chi connectivity index (χ3v) is 5.81. The summed E-state index contributed by atoms with van der Waals surface area (Å²) in [7, 11) is -3.36. The number of nitrogens with zero attached hydrogens (tertiary/aromatic N) is 1. The van der Waals surface area contributed by atoms with Gasteiger partial charge in [-0.3, -0.25) is 0 Å². The van der Waals surface area contributed by atoms with Crippen LogP contribution < -0.4 is 10.6 Å². The Morgan fingerprint density at radius 2 is 2.00 bits per heavy atom. The maximum absolute atomic E-state index is 12.4. The van der Waals surface area contributed by atoms with Crippen molar-refractivity contribution >= 4 is 37.5 Å². The first-order valence-electron chi connectivity index (χ1n) is 7.80. The van der Waals surface area contributed by atoms with Gasteiger partial charge in [0.1, 0.15) is 0 Å². The number of pyridine rings is 1. The summed E-state index contributed by atoms with van der Waals surface area (Å²) >= 11 is 3.46. The van der Waals surface area contributed by atoms with Crippen molar-refractivity contribution in [1.29, 1.82) is 0 Å². The Balaban J connectivity index is 1.71. The van der Waals surface area contributed by atoms with Gasteiger partial charge in [-0.05, 0) is 49.1 Å². The molecule has 1 aromatic heterocycles. The molecule has 2 amide bonds. The summed E-state index contributed by atoms with van der Waals surface area (Å²) in [5.74, 6) is 0. The van der Waals surface area contributed by atoms with Crippen LogP contribution in [0, 0.1) is 0 Å². The van der Waals surface area contributed by atoms with Crippen LogP contribution in [-0.2, 0) is 15.4 Å². The highest BCUT2D eigenvalue weighted by molar-refractivity contribution is 9.10. The van der Waals surface area contributed by atoms with Crippen molar-refractivity contribution in [2.45, 2.75) is 29.8 Å². The van der Waals surface area contributed by atoms with Gasteiger partial charge >= 0.3 is 6.03 Å². The second kappa shape index (κ2) is 6.76. The van der Waals surface area contributed by atoms with Gasteiger partial charge in [-0.15, -0.1) is 0 Å². The number of sulfone groups is 1. The number of urea groups is 1. The number of nitrogens with one attached hydrogen (secondary N) is 2. The Bertz CT molecular complexity index is 894. The molecule has 8 heteroatoms. The molecule has 0 atom stereocenters. The highest BCUT2D eigenvalue weighted by atomic mass is 79.9. The van der Waals surface area contributed by atoms with E-state index in [1.54, 1.807) is 0 Å². The van der Waals surface area contributed by atoms with Crippen molar-refractivity contribution < 1.29 is 13.2 Å². The molecule has 3 rings (SSSR count). The van der Waals surface area contributed by atoms with Crippen molar-refractivity contribution in [3.05, 3.63) is 52.6 Å². The first-order chi connectivity index (χ1) is 11.8. The zero-order valence-corrected chi connectivity index (χ0v) is 16.0. The Morgan fingerprint density at radius 1 is 1.24 bits per heavy atom. The first kappa shape index (κ1) is 17.9. The molecule has 1 aliphatic carbocycles. The minimum atomic E-state index is -3.36. The van der Waals surface area contributed by atoms with Gasteiger partial charge in [-0.1, -0.05) is 28.1 Å². The predicted octanol–water partition coefficient (Wildman–Crippen LogP) is 3.45. The molecule has 0 radical (unpaired) electrons. The van der Waals surface area contributed by atoms with E-state index in [1.165, 1.54) is 18.3 Å². The molecule has 1 fully saturated rings. The van der Waals surface area contributed by atoms with Crippen molar-refractivity contribution in [3.8, 4) is 0 Å². The molecule has 1 aliphatic rings. The number of rotatable bonds is 4. The maximum atomic E-state index is 12.4. The van der Waals surface area contributed by atoms with Crippen molar-refractivity contribution in [2.75, 3.05) is 11.6 Å². The van der Waals surface area contributed by atoms with Crippen LogP contribution in [0.15, 0.2) is 52.1 Å². The number of carbonyl (C=O) groups excluding carboxylic acids is 1. The van der Waals surface area contributed by atoms with E-state index in [1.807, 2.05) is 24.3 Å². The van der Waals surface area contributed by atoms with Gasteiger partial charge in [0.2, 0.25) is 0 Å². The van der Waals surface area contributed by atoms with Crippen LogP contribution in [-0.4, -0.2) is 25.7 Å². The molecule has 1 heterocycles. The predicted molar refractivity (Wildman–Crippen MR) is 99.2 cm³/mol. The van der Waals surface area contributed by atoms with Crippen molar-refractivity contribution in [1.82, 2.24) is 10.3 Å². The van der Waals surface area contributed by atoms with Crippen LogP contribution in [0.5, 0.6) is 0 Å². The van der Waals surface area contributed by atoms with Gasteiger partial charge < -0.3 is 10.6 Å². The third-order valence-electron chi connectivity index (χ3n) is 4.31. The molecule has 0 saturated heterocycles. The molecule has 2 N–H and O–H groups in total. The van der Waals surface area contributed by atoms with Crippen LogP contribution in [0.3, 0.4) is 0 Å². The smallest absolute Gasteiger partial charge is 0.319 e. The van der Waals surface area contributed by atoms with Gasteiger partial charge in [-0.25, -0.2) is 18.2 Å². The number of carbonyl (C=O) groups is 1. The van der Waals surface area contributed by atoms with Gasteiger partial charge in [-0.2, -0.15) is 0 Å². The molecule has 1 aromatic carbocycles. The number of aromatic nitrogens is 1. The van der Waals surface area contributed by atoms with Gasteiger partial charge in [0.25, 0.3) is 0 Å². The monoisotopic (exact) mass is 423 g/mol. The van der Waals surface area contributed by atoms with E-state index in [0.29, 0.717) is 5.69 Å². The number of hydrogen-bond donors (Lipinski definition) is 2. The van der Waals surface area contributed by atoms with E-state index in [0.717, 1.165) is 35.6 Å². The molecule has 2 aromatic rings. The Morgan fingerprint density at radius 3 is 2.52 bits per heavy atom. The highest BCUT2D eigenvalue weighted by Gasteiger charge is 2.40. The summed E-state index contributed by atoms with van der Waals surface area (Å²) < 4.78 is 23.8. The van der Waals surface area contributed by atoms with Gasteiger partial charge in [0.15, 0.2) is 14.9 Å². The van der Waals surface area contributed by atoms with E-state index in [2.05, 4.69) is 31.5 Å². The van der Waals surface area contributed by atoms with E-state index in [-0.39, 0.29) is 16.6 Å². The second-order valence-corrected chi connectivity index (χ2v) is 9.06. The first-order valence-corrected chi connectivity index (χ1v) is 10.5. The molecule has 0 unspecified atom stereocenters. The zero-order chi connectivity index (χ0) is 18.1. The van der Waals surface area contributed by atoms with Crippen molar-refractivity contribution in [2.24, 2.45) is 0 Å². The standard InChI is InChI=1S/C17H18BrN3O3S/c1-25(23,24)15-7-6-14(11-19-15)20-16(22)21-17(8-3-9-17)12-4-2-5-13(18)10-12/h2,4-7,10-11H,3,8-9H2,1H3,(H2,20,21,22). The molecule has 0 aliphatic heterocycles. The fourth-order valence-electron chi connectivity index (χ4n) is 2.86. The van der Waals surface area contributed by atoms with Crippen LogP contribution in [0.2, 0.25) is 0 Å². The maximum Gasteiger partial charge on any atom is 0.319 e. The second-order valence-electron chi connectivity index (χ2n) is 6.18. The minimum absolute atomic E-state index is 0.0249. The summed E-state index contributed by atoms with van der Waals surface area (Å²) in [5.41, 5.74) is 1.14. The van der Waals surface area contributed by atoms with Crippen LogP contribution in [0.1, 0.15) is 24.8 Å². The minimum Gasteiger partial charge on any atom is -0.328 e. The fourth-order valence-corrected chi connectivity index (χ4v) is 3.81. The molecule has 132 valence electrons. The quantitative estimate of drug-likeness (QED) is 0.787. The van der Waals surface area contributed by atoms with Crippen LogP contribution >= 0.6 is 15.9 Å². The fraction of sp³-hybridized carbons (Fsp3) is 0.294. The lowest BCUT2D eigenvalue weighted by Crippen LogP contribution is -2.52. The average Bonchev–Trinajstić information content (AvgIpc) is 2.50. The molecule has 6 nitrogen and oxygen atoms in total. The number of benzene rings is 1. The summed E-state index contributed by atoms with van der Waals surface area (Å²) in [5, 5.41) is 5.73. The Hall–Kier alpha value is -1.93. The van der Waals surface area contributed by atoms with Gasteiger partial charge in [0, 0.05) is 10.7 Å². The molecule has 0 bridgehead atoms. The summed E-state index contributed by atoms with van der Waals surface area (Å²) in [6.45, 7) is 0. The summed E-state index contributed by atoms with van der Waals surface area (Å²) in [6, 6.07) is 10.5. The molecular weight excluding hydrogens is 406 g/mol. The number of amides is 2. The molecule has 25 heavy (non-hydrogen) atoms. The molecule has 1 saturated carbocycles. The molecular formula is C17H18BrN3O3S. The lowest BCUT2D eigenvalue weighted by atomic mass is 9.72. The largest absolute Gasteiger partial charge is 0.328 e. The van der Waals surface area contributed by atoms with E-state index in [9.17, 15) is 13.2 Å². The average molecular weight is 424 g/mol. The van der Waals surface area contributed by atoms with Crippen LogP contribution in [0.4, 0.5) is 10.5 Å². The summed E-state index contributed by atoms with van der Waals surface area (Å²) in [6.07, 6.45) is 5.23. The van der Waals surface area contributed by atoms with Crippen molar-refractivity contribution in [3.63, 3.8) is 0 Å². The SMILES string of the molecule is CS(=O)(=O)c1ccc(NC(=O)NC2(c3cccc(Br)c3)CCC2)cn1. The van der Waals surface area contributed by atoms with E-state index < -0.39 is 9.84 Å². The highest BCUT2D eigenvalue weighted by Crippen LogP contribution is 2.41. The topological polar surface area (TPSA) is 88.2 Å². The van der Waals surface area contributed by atoms with E-state index >= 15 is 0 Å². The number of halogens is 1. The summed E-state index contributed by atoms with van der Waals surface area (Å²) in [4.78, 5) is 16.2. The lowest BCUT2D eigenvalue weighted by molar-refractivity contribution is 0.185. The molecule has 0 spiro atoms. The zero-order valence-electron chi connectivity index (χ0n) is 13.6. The number of hydrogen-bond acceptors (Lipinski definition) is 4. The lowest BCUT2D eigenvalue weighted by Gasteiger charge is -2.43. The normalized spacial score (nSPS) is 15.9. The van der Waals surface area contributed by atoms with Crippen LogP contribution in [0.25, 0.3) is 0 Å². The Labute approximate surface area is 155 Å². The third kappa shape index (κ3) is 4.01.